The largest absolute Gasteiger partial charge is 0.309 e. The van der Waals surface area contributed by atoms with Gasteiger partial charge in [0.15, 0.2) is 17.5 Å². The van der Waals surface area contributed by atoms with Crippen LogP contribution >= 0.6 is 23.2 Å². The molecule has 11 rings (SSSR count). The SMILES string of the molecule is Clc1ccc(-c2nc(-c3ccc(Cl)cc3)nc(-c3ccc(-n4c5ccccc5c5ccc(-c6ccc7c(c6)c6ccccc6n7-c6ccccc6)cc54)cc3)n2)cc1. The Balaban J connectivity index is 1.03. The molecule has 0 unspecified atom stereocenters. The van der Waals surface area contributed by atoms with E-state index in [9.17, 15) is 0 Å². The van der Waals surface area contributed by atoms with Gasteiger partial charge in [0, 0.05) is 59.7 Å². The molecule has 0 N–H and O–H groups in total. The molecule has 0 saturated carbocycles. The number of para-hydroxylation sites is 3. The van der Waals surface area contributed by atoms with Crippen LogP contribution < -0.4 is 0 Å². The monoisotopic (exact) mass is 783 g/mol. The number of halogens is 2. The van der Waals surface area contributed by atoms with Crippen LogP contribution in [0.3, 0.4) is 0 Å². The second-order valence-corrected chi connectivity index (χ2v) is 15.2. The summed E-state index contributed by atoms with van der Waals surface area (Å²) in [7, 11) is 0. The van der Waals surface area contributed by atoms with Gasteiger partial charge in [0.25, 0.3) is 0 Å². The lowest BCUT2D eigenvalue weighted by Gasteiger charge is -2.11. The van der Waals surface area contributed by atoms with Crippen molar-refractivity contribution < 1.29 is 0 Å². The molecule has 0 atom stereocenters. The summed E-state index contributed by atoms with van der Waals surface area (Å²) in [5.74, 6) is 1.70. The molecule has 11 aromatic rings. The van der Waals surface area contributed by atoms with E-state index in [4.69, 9.17) is 38.2 Å². The first-order chi connectivity index (χ1) is 28.6. The molecule has 0 fully saturated rings. The van der Waals surface area contributed by atoms with Gasteiger partial charge >= 0.3 is 0 Å². The average molecular weight is 785 g/mol. The molecule has 274 valence electrons. The van der Waals surface area contributed by atoms with Crippen LogP contribution in [0.15, 0.2) is 188 Å². The highest BCUT2D eigenvalue weighted by molar-refractivity contribution is 6.31. The number of aromatic nitrogens is 5. The third-order valence-corrected chi connectivity index (χ3v) is 11.4. The fourth-order valence-electron chi connectivity index (χ4n) is 8.16. The predicted octanol–water partition coefficient (Wildman–Crippen LogP) is 14.0. The quantitative estimate of drug-likeness (QED) is 0.169. The molecule has 0 amide bonds. The van der Waals surface area contributed by atoms with Crippen molar-refractivity contribution in [2.45, 2.75) is 0 Å². The fourth-order valence-corrected chi connectivity index (χ4v) is 8.41. The summed E-state index contributed by atoms with van der Waals surface area (Å²) in [6, 6.07) is 65.1. The summed E-state index contributed by atoms with van der Waals surface area (Å²) in [6.45, 7) is 0. The summed E-state index contributed by atoms with van der Waals surface area (Å²) in [4.78, 5) is 14.7. The van der Waals surface area contributed by atoms with E-state index >= 15 is 0 Å². The van der Waals surface area contributed by atoms with Gasteiger partial charge in [-0.25, -0.2) is 15.0 Å². The van der Waals surface area contributed by atoms with Gasteiger partial charge in [-0.1, -0.05) is 96.0 Å². The number of fused-ring (bicyclic) bond motifs is 6. The summed E-state index contributed by atoms with van der Waals surface area (Å²) >= 11 is 12.5. The zero-order valence-corrected chi connectivity index (χ0v) is 32.4. The van der Waals surface area contributed by atoms with E-state index < -0.39 is 0 Å². The first kappa shape index (κ1) is 34.2. The number of hydrogen-bond donors (Lipinski definition) is 0. The fraction of sp³-hybridized carbons (Fsp3) is 0. The summed E-state index contributed by atoms with van der Waals surface area (Å²) in [5, 5.41) is 6.16. The molecule has 0 bridgehead atoms. The number of nitrogens with zero attached hydrogens (tertiary/aromatic N) is 5. The number of rotatable bonds is 6. The first-order valence-electron chi connectivity index (χ1n) is 19.1. The van der Waals surface area contributed by atoms with E-state index in [0.29, 0.717) is 27.5 Å². The average Bonchev–Trinajstić information content (AvgIpc) is 3.79. The van der Waals surface area contributed by atoms with E-state index in [1.165, 1.54) is 38.1 Å². The van der Waals surface area contributed by atoms with Crippen LogP contribution in [0.2, 0.25) is 10.0 Å². The molecule has 0 aliphatic rings. The summed E-state index contributed by atoms with van der Waals surface area (Å²) in [5.41, 5.74) is 11.7. The van der Waals surface area contributed by atoms with Crippen molar-refractivity contribution >= 4 is 66.8 Å². The Hall–Kier alpha value is -7.05. The minimum Gasteiger partial charge on any atom is -0.309 e. The maximum absolute atomic E-state index is 6.23. The van der Waals surface area contributed by atoms with E-state index in [2.05, 4.69) is 149 Å². The van der Waals surface area contributed by atoms with E-state index in [0.717, 1.165) is 44.7 Å². The van der Waals surface area contributed by atoms with Gasteiger partial charge < -0.3 is 9.13 Å². The normalized spacial score (nSPS) is 11.6. The summed E-state index contributed by atoms with van der Waals surface area (Å²) < 4.78 is 4.70. The van der Waals surface area contributed by atoms with Crippen molar-refractivity contribution in [2.24, 2.45) is 0 Å². The topological polar surface area (TPSA) is 48.5 Å². The summed E-state index contributed by atoms with van der Waals surface area (Å²) in [6.07, 6.45) is 0. The highest BCUT2D eigenvalue weighted by atomic mass is 35.5. The first-order valence-corrected chi connectivity index (χ1v) is 19.8. The lowest BCUT2D eigenvalue weighted by atomic mass is 10.0. The van der Waals surface area contributed by atoms with Gasteiger partial charge in [-0.15, -0.1) is 0 Å². The third kappa shape index (κ3) is 5.83. The molecule has 5 nitrogen and oxygen atoms in total. The molecule has 3 aromatic heterocycles. The lowest BCUT2D eigenvalue weighted by Crippen LogP contribution is -2.00. The smallest absolute Gasteiger partial charge is 0.164 e. The zero-order chi connectivity index (χ0) is 38.7. The molecule has 58 heavy (non-hydrogen) atoms. The second-order valence-electron chi connectivity index (χ2n) is 14.4. The van der Waals surface area contributed by atoms with Crippen molar-refractivity contribution in [3.63, 3.8) is 0 Å². The van der Waals surface area contributed by atoms with Gasteiger partial charge in [-0.05, 0) is 126 Å². The molecular weight excluding hydrogens is 754 g/mol. The highest BCUT2D eigenvalue weighted by Crippen LogP contribution is 2.38. The molecule has 3 heterocycles. The van der Waals surface area contributed by atoms with Gasteiger partial charge in [-0.2, -0.15) is 0 Å². The van der Waals surface area contributed by atoms with E-state index in [-0.39, 0.29) is 0 Å². The third-order valence-electron chi connectivity index (χ3n) is 10.9. The van der Waals surface area contributed by atoms with Crippen LogP contribution in [-0.4, -0.2) is 24.1 Å². The van der Waals surface area contributed by atoms with E-state index in [1.807, 2.05) is 48.5 Å². The molecular formula is C51H31Cl2N5. The lowest BCUT2D eigenvalue weighted by molar-refractivity contribution is 1.07. The molecule has 7 heteroatoms. The Morgan fingerprint density at radius 1 is 0.293 bits per heavy atom. The maximum atomic E-state index is 6.23. The van der Waals surface area contributed by atoms with Crippen LogP contribution in [0, 0.1) is 0 Å². The Labute approximate surface area is 344 Å². The van der Waals surface area contributed by atoms with Crippen molar-refractivity contribution in [1.82, 2.24) is 24.1 Å². The Bertz CT molecular complexity index is 3270. The second kappa shape index (κ2) is 13.9. The molecule has 0 saturated heterocycles. The molecule has 0 spiro atoms. The van der Waals surface area contributed by atoms with Crippen molar-refractivity contribution in [3.05, 3.63) is 198 Å². The molecule has 0 radical (unpaired) electrons. The Morgan fingerprint density at radius 3 is 1.28 bits per heavy atom. The van der Waals surface area contributed by atoms with Crippen LogP contribution in [0.25, 0.3) is 100 Å². The van der Waals surface area contributed by atoms with Crippen molar-refractivity contribution in [1.29, 1.82) is 0 Å². The van der Waals surface area contributed by atoms with Crippen molar-refractivity contribution in [3.8, 4) is 56.7 Å². The number of hydrogen-bond acceptors (Lipinski definition) is 3. The van der Waals surface area contributed by atoms with Crippen LogP contribution in [0.5, 0.6) is 0 Å². The standard InChI is InChI=1S/C51H31Cl2N5/c52-37-22-14-32(15-23-37)49-54-50(33-16-24-38(53)25-17-33)56-51(55-49)34-18-26-40(27-19-34)58-45-12-6-4-10-41(45)43-28-20-36(31-48(43)58)35-21-29-47-44(30-35)42-11-5-7-13-46(42)57(47)39-8-2-1-3-9-39/h1-31H. The Kier molecular flexibility index (Phi) is 8.17. The zero-order valence-electron chi connectivity index (χ0n) is 30.9. The minimum atomic E-state index is 0.563. The number of benzene rings is 8. The minimum absolute atomic E-state index is 0.563. The molecule has 0 aliphatic heterocycles. The highest BCUT2D eigenvalue weighted by Gasteiger charge is 2.17. The Morgan fingerprint density at radius 2 is 0.690 bits per heavy atom. The van der Waals surface area contributed by atoms with Crippen LogP contribution in [-0.2, 0) is 0 Å². The molecule has 0 aliphatic carbocycles. The van der Waals surface area contributed by atoms with Crippen LogP contribution in [0.1, 0.15) is 0 Å². The van der Waals surface area contributed by atoms with Gasteiger partial charge in [-0.3, -0.25) is 0 Å². The predicted molar refractivity (Wildman–Crippen MR) is 240 cm³/mol. The van der Waals surface area contributed by atoms with Gasteiger partial charge in [0.1, 0.15) is 0 Å². The maximum Gasteiger partial charge on any atom is 0.164 e. The van der Waals surface area contributed by atoms with E-state index in [1.54, 1.807) is 0 Å². The van der Waals surface area contributed by atoms with Gasteiger partial charge in [0.2, 0.25) is 0 Å². The van der Waals surface area contributed by atoms with Gasteiger partial charge in [0.05, 0.1) is 22.1 Å². The van der Waals surface area contributed by atoms with Crippen molar-refractivity contribution in [2.75, 3.05) is 0 Å². The van der Waals surface area contributed by atoms with Crippen LogP contribution in [0.4, 0.5) is 0 Å². The molecule has 8 aromatic carbocycles.